The van der Waals surface area contributed by atoms with Gasteiger partial charge in [-0.25, -0.2) is 4.98 Å². The van der Waals surface area contributed by atoms with Crippen molar-refractivity contribution in [1.29, 1.82) is 0 Å². The van der Waals surface area contributed by atoms with E-state index in [-0.39, 0.29) is 0 Å². The minimum absolute atomic E-state index is 0.821. The number of nitrogens with one attached hydrogen (secondary N) is 2. The molecule has 0 aliphatic rings. The van der Waals surface area contributed by atoms with Crippen LogP contribution < -0.4 is 5.32 Å². The van der Waals surface area contributed by atoms with Crippen LogP contribution in [0.5, 0.6) is 0 Å². The van der Waals surface area contributed by atoms with Gasteiger partial charge in [-0.2, -0.15) is 5.10 Å². The lowest BCUT2D eigenvalue weighted by Crippen LogP contribution is -2.00. The van der Waals surface area contributed by atoms with Crippen molar-refractivity contribution in [2.24, 2.45) is 0 Å². The third kappa shape index (κ3) is 5.25. The van der Waals surface area contributed by atoms with Gasteiger partial charge in [0, 0.05) is 17.1 Å². The van der Waals surface area contributed by atoms with E-state index in [1.807, 2.05) is 0 Å². The third-order valence-electron chi connectivity index (χ3n) is 3.07. The highest BCUT2D eigenvalue weighted by molar-refractivity contribution is 7.99. The molecule has 2 aromatic rings. The average Bonchev–Trinajstić information content (AvgIpc) is 2.97. The Kier molecular flexibility index (Phi) is 6.44. The van der Waals surface area contributed by atoms with Crippen LogP contribution in [-0.4, -0.2) is 21.7 Å². The third-order valence-corrected chi connectivity index (χ3v) is 3.97. The van der Waals surface area contributed by atoms with E-state index in [1.165, 1.54) is 44.1 Å². The van der Waals surface area contributed by atoms with Gasteiger partial charge in [0.15, 0.2) is 5.16 Å². The number of H-pyrrole nitrogens is 1. The molecule has 1 aromatic heterocycles. The molecule has 20 heavy (non-hydrogen) atoms. The molecule has 0 aliphatic heterocycles. The van der Waals surface area contributed by atoms with Gasteiger partial charge in [-0.05, 0) is 30.7 Å². The van der Waals surface area contributed by atoms with Crippen LogP contribution in [0.4, 0.5) is 5.69 Å². The number of benzene rings is 1. The smallest absolute Gasteiger partial charge is 0.188 e. The van der Waals surface area contributed by atoms with Crippen LogP contribution in [0.25, 0.3) is 0 Å². The van der Waals surface area contributed by atoms with Gasteiger partial charge in [-0.1, -0.05) is 44.4 Å². The maximum Gasteiger partial charge on any atom is 0.188 e. The lowest BCUT2D eigenvalue weighted by atomic mass is 10.1. The lowest BCUT2D eigenvalue weighted by molar-refractivity contribution is 0.645. The number of hydrogen-bond acceptors (Lipinski definition) is 4. The molecule has 108 valence electrons. The van der Waals surface area contributed by atoms with Gasteiger partial charge in [-0.15, -0.1) is 0 Å². The highest BCUT2D eigenvalue weighted by Crippen LogP contribution is 2.25. The van der Waals surface area contributed by atoms with Crippen molar-refractivity contribution in [3.63, 3.8) is 0 Å². The molecule has 0 aliphatic carbocycles. The van der Waals surface area contributed by atoms with Gasteiger partial charge in [0.2, 0.25) is 0 Å². The Morgan fingerprint density at radius 1 is 1.10 bits per heavy atom. The molecular weight excluding hydrogens is 268 g/mol. The topological polar surface area (TPSA) is 53.6 Å². The molecule has 4 nitrogen and oxygen atoms in total. The van der Waals surface area contributed by atoms with Gasteiger partial charge in [0.1, 0.15) is 6.33 Å². The summed E-state index contributed by atoms with van der Waals surface area (Å²) in [5, 5.41) is 11.0. The number of anilines is 1. The minimum atomic E-state index is 0.821. The highest BCUT2D eigenvalue weighted by atomic mass is 32.2. The largest absolute Gasteiger partial charge is 0.385 e. The maximum atomic E-state index is 4.10. The van der Waals surface area contributed by atoms with Gasteiger partial charge in [0.05, 0.1) is 0 Å². The van der Waals surface area contributed by atoms with Gasteiger partial charge in [-0.3, -0.25) is 5.10 Å². The number of hydrogen-bond donors (Lipinski definition) is 2. The summed E-state index contributed by atoms with van der Waals surface area (Å²) < 4.78 is 0. The maximum absolute atomic E-state index is 4.10. The van der Waals surface area contributed by atoms with Crippen LogP contribution >= 0.6 is 11.8 Å². The van der Waals surface area contributed by atoms with E-state index in [1.54, 1.807) is 11.8 Å². The molecule has 1 aromatic carbocycles. The summed E-state index contributed by atoms with van der Waals surface area (Å²) in [6.07, 6.45) is 8.10. The van der Waals surface area contributed by atoms with E-state index in [2.05, 4.69) is 51.7 Å². The van der Waals surface area contributed by atoms with Crippen molar-refractivity contribution in [2.75, 3.05) is 11.9 Å². The number of rotatable bonds is 9. The Labute approximate surface area is 124 Å². The zero-order valence-electron chi connectivity index (χ0n) is 11.9. The van der Waals surface area contributed by atoms with Crippen molar-refractivity contribution in [2.45, 2.75) is 49.1 Å². The molecule has 2 rings (SSSR count). The second-order valence-corrected chi connectivity index (χ2v) is 5.82. The Balaban J connectivity index is 1.69. The first-order chi connectivity index (χ1) is 9.88. The summed E-state index contributed by atoms with van der Waals surface area (Å²) in [5.41, 5.74) is 1.18. The molecular formula is C15H22N4S. The van der Waals surface area contributed by atoms with Crippen LogP contribution in [0.1, 0.15) is 39.0 Å². The first-order valence-electron chi connectivity index (χ1n) is 7.25. The summed E-state index contributed by atoms with van der Waals surface area (Å²) in [7, 11) is 0. The van der Waals surface area contributed by atoms with Crippen LogP contribution in [0.3, 0.4) is 0 Å². The number of aromatic nitrogens is 3. The zero-order chi connectivity index (χ0) is 14.0. The fourth-order valence-corrected chi connectivity index (χ4v) is 2.65. The molecule has 0 saturated carbocycles. The second kappa shape index (κ2) is 8.64. The Morgan fingerprint density at radius 3 is 2.60 bits per heavy atom. The first kappa shape index (κ1) is 14.9. The predicted octanol–water partition coefficient (Wildman–Crippen LogP) is 4.34. The molecule has 1 heterocycles. The normalized spacial score (nSPS) is 10.7. The van der Waals surface area contributed by atoms with Crippen LogP contribution in [0.2, 0.25) is 0 Å². The lowest BCUT2D eigenvalue weighted by Gasteiger charge is -2.07. The van der Waals surface area contributed by atoms with Crippen molar-refractivity contribution < 1.29 is 0 Å². The molecule has 5 heteroatoms. The van der Waals surface area contributed by atoms with Crippen molar-refractivity contribution in [3.8, 4) is 0 Å². The van der Waals surface area contributed by atoms with E-state index >= 15 is 0 Å². The van der Waals surface area contributed by atoms with E-state index < -0.39 is 0 Å². The fourth-order valence-electron chi connectivity index (χ4n) is 1.96. The summed E-state index contributed by atoms with van der Waals surface area (Å²) >= 11 is 1.58. The van der Waals surface area contributed by atoms with E-state index in [0.717, 1.165) is 16.6 Å². The Morgan fingerprint density at radius 2 is 1.90 bits per heavy atom. The van der Waals surface area contributed by atoms with Crippen molar-refractivity contribution in [1.82, 2.24) is 15.2 Å². The molecule has 0 atom stereocenters. The van der Waals surface area contributed by atoms with E-state index in [9.17, 15) is 0 Å². The molecule has 0 unspecified atom stereocenters. The zero-order valence-corrected chi connectivity index (χ0v) is 12.7. The molecule has 0 bridgehead atoms. The number of nitrogens with zero attached hydrogens (tertiary/aromatic N) is 2. The summed E-state index contributed by atoms with van der Waals surface area (Å²) in [6, 6.07) is 8.44. The summed E-state index contributed by atoms with van der Waals surface area (Å²) in [4.78, 5) is 5.26. The van der Waals surface area contributed by atoms with E-state index in [0.29, 0.717) is 0 Å². The predicted molar refractivity (Wildman–Crippen MR) is 84.2 cm³/mol. The molecule has 0 fully saturated rings. The van der Waals surface area contributed by atoms with Gasteiger partial charge in [0.25, 0.3) is 0 Å². The number of aromatic amines is 1. The second-order valence-electron chi connectivity index (χ2n) is 4.76. The highest BCUT2D eigenvalue weighted by Gasteiger charge is 2.00. The quantitative estimate of drug-likeness (QED) is 0.675. The van der Waals surface area contributed by atoms with Gasteiger partial charge < -0.3 is 5.32 Å². The van der Waals surface area contributed by atoms with Crippen molar-refractivity contribution >= 4 is 17.4 Å². The monoisotopic (exact) mass is 290 g/mol. The molecule has 0 spiro atoms. The molecule has 0 amide bonds. The standard InChI is InChI=1S/C15H22N4S/c1-2-3-4-5-6-11-16-13-7-9-14(10-8-13)20-15-17-12-18-19-15/h7-10,12,16H,2-6,11H2,1H3,(H,17,18,19). The summed E-state index contributed by atoms with van der Waals surface area (Å²) in [5.74, 6) is 0. The van der Waals surface area contributed by atoms with Crippen LogP contribution in [0, 0.1) is 0 Å². The van der Waals surface area contributed by atoms with Crippen LogP contribution in [0.15, 0.2) is 40.6 Å². The Bertz CT molecular complexity index is 467. The first-order valence-corrected chi connectivity index (χ1v) is 8.07. The SMILES string of the molecule is CCCCCCCNc1ccc(Sc2ncn[nH]2)cc1. The fraction of sp³-hybridized carbons (Fsp3) is 0.467. The van der Waals surface area contributed by atoms with Crippen LogP contribution in [-0.2, 0) is 0 Å². The molecule has 0 radical (unpaired) electrons. The Hall–Kier alpha value is -1.49. The van der Waals surface area contributed by atoms with E-state index in [4.69, 9.17) is 0 Å². The number of unbranched alkanes of at least 4 members (excludes halogenated alkanes) is 4. The molecule has 2 N–H and O–H groups in total. The average molecular weight is 290 g/mol. The minimum Gasteiger partial charge on any atom is -0.385 e. The summed E-state index contributed by atoms with van der Waals surface area (Å²) in [6.45, 7) is 3.30. The van der Waals surface area contributed by atoms with Gasteiger partial charge >= 0.3 is 0 Å². The molecule has 0 saturated heterocycles. The van der Waals surface area contributed by atoms with Crippen molar-refractivity contribution in [3.05, 3.63) is 30.6 Å².